The van der Waals surface area contributed by atoms with Gasteiger partial charge in [-0.1, -0.05) is 37.3 Å². The highest BCUT2D eigenvalue weighted by atomic mass is 16.1. The first-order valence-electron chi connectivity index (χ1n) is 5.18. The van der Waals surface area contributed by atoms with Crippen molar-refractivity contribution in [3.05, 3.63) is 35.9 Å². The molecular weight excluding hydrogens is 188 g/mol. The van der Waals surface area contributed by atoms with Gasteiger partial charge in [-0.05, 0) is 18.4 Å². The first-order valence-corrected chi connectivity index (χ1v) is 5.18. The largest absolute Gasteiger partial charge is 0.369 e. The van der Waals surface area contributed by atoms with Crippen LogP contribution in [0.25, 0.3) is 0 Å². The number of rotatable bonds is 5. The molecule has 1 aromatic rings. The fraction of sp³-hybridized carbons (Fsp3) is 0.417. The lowest BCUT2D eigenvalue weighted by atomic mass is 9.94. The molecule has 0 bridgehead atoms. The van der Waals surface area contributed by atoms with Gasteiger partial charge in [0, 0.05) is 6.04 Å². The summed E-state index contributed by atoms with van der Waals surface area (Å²) in [4.78, 5) is 10.6. The summed E-state index contributed by atoms with van der Waals surface area (Å²) < 4.78 is 0. The predicted octanol–water partition coefficient (Wildman–Crippen LogP) is 1.25. The zero-order valence-corrected chi connectivity index (χ0v) is 9.23. The smallest absolute Gasteiger partial charge is 0.231 e. The molecule has 0 spiro atoms. The molecule has 0 radical (unpaired) electrons. The van der Waals surface area contributed by atoms with E-state index in [4.69, 9.17) is 5.73 Å². The van der Waals surface area contributed by atoms with Crippen molar-refractivity contribution in [3.63, 3.8) is 0 Å². The molecule has 1 rings (SSSR count). The Morgan fingerprint density at radius 2 is 1.93 bits per heavy atom. The first-order chi connectivity index (χ1) is 7.11. The Labute approximate surface area is 90.7 Å². The number of nitrogens with two attached hydrogens (primary N) is 1. The molecule has 0 aromatic heterocycles. The minimum Gasteiger partial charge on any atom is -0.369 e. The second kappa shape index (κ2) is 5.51. The Hall–Kier alpha value is -1.35. The second-order valence-corrected chi connectivity index (χ2v) is 3.84. The van der Waals surface area contributed by atoms with Crippen molar-refractivity contribution in [2.75, 3.05) is 6.54 Å². The van der Waals surface area contributed by atoms with Gasteiger partial charge in [-0.3, -0.25) is 4.79 Å². The Morgan fingerprint density at radius 3 is 2.47 bits per heavy atom. The van der Waals surface area contributed by atoms with Gasteiger partial charge in [0.1, 0.15) is 0 Å². The van der Waals surface area contributed by atoms with Crippen molar-refractivity contribution >= 4 is 5.91 Å². The molecule has 3 nitrogen and oxygen atoms in total. The average molecular weight is 206 g/mol. The minimum atomic E-state index is -0.317. The van der Waals surface area contributed by atoms with E-state index in [1.54, 1.807) is 0 Å². The van der Waals surface area contributed by atoms with E-state index < -0.39 is 0 Å². The summed E-state index contributed by atoms with van der Waals surface area (Å²) in [5.41, 5.74) is 6.34. The van der Waals surface area contributed by atoms with Crippen LogP contribution in [0.2, 0.25) is 0 Å². The van der Waals surface area contributed by atoms with Crippen molar-refractivity contribution in [2.24, 2.45) is 5.73 Å². The highest BCUT2D eigenvalue weighted by Gasteiger charge is 2.13. The zero-order chi connectivity index (χ0) is 11.3. The molecule has 15 heavy (non-hydrogen) atoms. The molecular formula is C12H18N2O. The van der Waals surface area contributed by atoms with E-state index in [1.165, 1.54) is 5.56 Å². The predicted molar refractivity (Wildman–Crippen MR) is 61.5 cm³/mol. The normalized spacial score (nSPS) is 14.5. The van der Waals surface area contributed by atoms with E-state index in [9.17, 15) is 4.79 Å². The zero-order valence-electron chi connectivity index (χ0n) is 9.23. The van der Waals surface area contributed by atoms with Gasteiger partial charge < -0.3 is 11.1 Å². The number of amides is 1. The maximum absolute atomic E-state index is 10.6. The van der Waals surface area contributed by atoms with Gasteiger partial charge in [-0.15, -0.1) is 0 Å². The number of carbonyl (C=O) groups excluding carboxylic acids is 1. The molecule has 0 aliphatic heterocycles. The summed E-state index contributed by atoms with van der Waals surface area (Å²) in [5, 5.41) is 3.11. The maximum atomic E-state index is 10.6. The van der Waals surface area contributed by atoms with E-state index >= 15 is 0 Å². The van der Waals surface area contributed by atoms with Crippen LogP contribution in [0.4, 0.5) is 0 Å². The van der Waals surface area contributed by atoms with Gasteiger partial charge in [0.25, 0.3) is 0 Å². The maximum Gasteiger partial charge on any atom is 0.231 e. The molecule has 0 fully saturated rings. The van der Waals surface area contributed by atoms with E-state index in [0.29, 0.717) is 5.92 Å². The minimum absolute atomic E-state index is 0.234. The lowest BCUT2D eigenvalue weighted by Crippen LogP contribution is -2.37. The molecule has 0 aliphatic carbocycles. The quantitative estimate of drug-likeness (QED) is 0.762. The Balaban J connectivity index is 2.53. The van der Waals surface area contributed by atoms with Crippen molar-refractivity contribution < 1.29 is 4.79 Å². The summed E-state index contributed by atoms with van der Waals surface area (Å²) in [6.07, 6.45) is 0. The van der Waals surface area contributed by atoms with Gasteiger partial charge in [-0.2, -0.15) is 0 Å². The third kappa shape index (κ3) is 3.72. The Kier molecular flexibility index (Phi) is 4.31. The standard InChI is InChI=1S/C12H18N2O/c1-9(10(2)14-8-12(13)15)11-6-4-3-5-7-11/h3-7,9-10,14H,8H2,1-2H3,(H2,13,15). The van der Waals surface area contributed by atoms with Crippen LogP contribution < -0.4 is 11.1 Å². The molecule has 1 amide bonds. The van der Waals surface area contributed by atoms with Gasteiger partial charge in [0.15, 0.2) is 0 Å². The summed E-state index contributed by atoms with van der Waals surface area (Å²) >= 11 is 0. The molecule has 3 N–H and O–H groups in total. The van der Waals surface area contributed by atoms with Crippen LogP contribution >= 0.6 is 0 Å². The van der Waals surface area contributed by atoms with Crippen LogP contribution in [-0.4, -0.2) is 18.5 Å². The van der Waals surface area contributed by atoms with E-state index in [-0.39, 0.29) is 18.5 Å². The SMILES string of the molecule is CC(NCC(N)=O)C(C)c1ccccc1. The third-order valence-electron chi connectivity index (χ3n) is 2.67. The van der Waals surface area contributed by atoms with Gasteiger partial charge >= 0.3 is 0 Å². The molecule has 2 atom stereocenters. The van der Waals surface area contributed by atoms with Crippen LogP contribution in [0.1, 0.15) is 25.3 Å². The summed E-state index contributed by atoms with van der Waals surface area (Å²) in [6.45, 7) is 4.42. The lowest BCUT2D eigenvalue weighted by Gasteiger charge is -2.21. The molecule has 0 heterocycles. The average Bonchev–Trinajstić information content (AvgIpc) is 2.26. The van der Waals surface area contributed by atoms with Crippen molar-refractivity contribution in [1.29, 1.82) is 0 Å². The Morgan fingerprint density at radius 1 is 1.33 bits per heavy atom. The van der Waals surface area contributed by atoms with Crippen LogP contribution in [0.3, 0.4) is 0 Å². The number of hydrogen-bond donors (Lipinski definition) is 2. The topological polar surface area (TPSA) is 55.1 Å². The van der Waals surface area contributed by atoms with E-state index in [1.807, 2.05) is 18.2 Å². The molecule has 82 valence electrons. The van der Waals surface area contributed by atoms with Crippen molar-refractivity contribution in [3.8, 4) is 0 Å². The van der Waals surface area contributed by atoms with Gasteiger partial charge in [0.2, 0.25) is 5.91 Å². The number of carbonyl (C=O) groups is 1. The summed E-state index contributed by atoms with van der Waals surface area (Å²) in [7, 11) is 0. The molecule has 0 saturated carbocycles. The number of primary amides is 1. The monoisotopic (exact) mass is 206 g/mol. The molecule has 2 unspecified atom stereocenters. The summed E-state index contributed by atoms with van der Waals surface area (Å²) in [5.74, 6) is 0.0488. The van der Waals surface area contributed by atoms with Crippen molar-refractivity contribution in [1.82, 2.24) is 5.32 Å². The van der Waals surface area contributed by atoms with Gasteiger partial charge in [-0.25, -0.2) is 0 Å². The van der Waals surface area contributed by atoms with Crippen LogP contribution in [-0.2, 0) is 4.79 Å². The van der Waals surface area contributed by atoms with E-state index in [0.717, 1.165) is 0 Å². The lowest BCUT2D eigenvalue weighted by molar-refractivity contribution is -0.117. The van der Waals surface area contributed by atoms with E-state index in [2.05, 4.69) is 31.3 Å². The van der Waals surface area contributed by atoms with Gasteiger partial charge in [0.05, 0.1) is 6.54 Å². The Bertz CT molecular complexity index is 311. The third-order valence-corrected chi connectivity index (χ3v) is 2.67. The van der Waals surface area contributed by atoms with Crippen molar-refractivity contribution in [2.45, 2.75) is 25.8 Å². The number of benzene rings is 1. The number of nitrogens with one attached hydrogen (secondary N) is 1. The fourth-order valence-electron chi connectivity index (χ4n) is 1.48. The second-order valence-electron chi connectivity index (χ2n) is 3.84. The molecule has 0 aliphatic rings. The van der Waals surface area contributed by atoms with Crippen LogP contribution in [0.5, 0.6) is 0 Å². The highest BCUT2D eigenvalue weighted by molar-refractivity contribution is 5.75. The molecule has 1 aromatic carbocycles. The summed E-state index contributed by atoms with van der Waals surface area (Å²) in [6, 6.07) is 10.5. The fourth-order valence-corrected chi connectivity index (χ4v) is 1.48. The van der Waals surface area contributed by atoms with Crippen LogP contribution in [0.15, 0.2) is 30.3 Å². The molecule has 3 heteroatoms. The number of hydrogen-bond acceptors (Lipinski definition) is 2. The first kappa shape index (κ1) is 11.7. The highest BCUT2D eigenvalue weighted by Crippen LogP contribution is 2.18. The molecule has 0 saturated heterocycles. The van der Waals surface area contributed by atoms with Crippen LogP contribution in [0, 0.1) is 0 Å².